The summed E-state index contributed by atoms with van der Waals surface area (Å²) in [6.07, 6.45) is 1.70. The van der Waals surface area contributed by atoms with Gasteiger partial charge < -0.3 is 0 Å². The molecule has 0 radical (unpaired) electrons. The molecule has 1 aliphatic heterocycles. The number of fused-ring (bicyclic) bond motifs is 3. The van der Waals surface area contributed by atoms with Crippen LogP contribution in [0.15, 0.2) is 36.5 Å². The summed E-state index contributed by atoms with van der Waals surface area (Å²) in [5.74, 6) is 0. The zero-order valence-corrected chi connectivity index (χ0v) is 10.9. The molecule has 94 valence electrons. The molecule has 5 nitrogen and oxygen atoms in total. The number of nitrogens with zero attached hydrogens (tertiary/aromatic N) is 2. The molecule has 18 heavy (non-hydrogen) atoms. The first-order valence-corrected chi connectivity index (χ1v) is 6.92. The van der Waals surface area contributed by atoms with Gasteiger partial charge in [-0.1, -0.05) is 24.3 Å². The van der Waals surface area contributed by atoms with Gasteiger partial charge in [-0.15, -0.1) is 0 Å². The highest BCUT2D eigenvalue weighted by molar-refractivity contribution is 7.87. The third-order valence-electron chi connectivity index (χ3n) is 3.03. The van der Waals surface area contributed by atoms with Crippen molar-refractivity contribution in [1.82, 2.24) is 13.5 Å². The van der Waals surface area contributed by atoms with Crippen LogP contribution >= 0.6 is 0 Å². The van der Waals surface area contributed by atoms with Crippen LogP contribution in [-0.2, 0) is 10.2 Å². The molecule has 1 aliphatic carbocycles. The molecule has 6 heteroatoms. The molecule has 0 saturated heterocycles. The normalized spacial score (nSPS) is 12.8. The first-order chi connectivity index (χ1) is 8.51. The summed E-state index contributed by atoms with van der Waals surface area (Å²) in [7, 11) is -0.499. The van der Waals surface area contributed by atoms with E-state index < -0.39 is 10.2 Å². The topological polar surface area (TPSA) is 58.1 Å². The maximum absolute atomic E-state index is 12.2. The van der Waals surface area contributed by atoms with E-state index in [1.165, 1.54) is 22.5 Å². The van der Waals surface area contributed by atoms with Gasteiger partial charge >= 0.3 is 10.2 Å². The summed E-state index contributed by atoms with van der Waals surface area (Å²) >= 11 is 0. The van der Waals surface area contributed by atoms with Crippen LogP contribution in [0.1, 0.15) is 0 Å². The van der Waals surface area contributed by atoms with Crippen molar-refractivity contribution in [2.75, 3.05) is 14.1 Å². The van der Waals surface area contributed by atoms with Crippen LogP contribution in [0.3, 0.4) is 0 Å². The summed E-state index contributed by atoms with van der Waals surface area (Å²) < 4.78 is 26.8. The van der Waals surface area contributed by atoms with E-state index in [1.807, 2.05) is 30.3 Å². The smallest absolute Gasteiger partial charge is 0.290 e. The van der Waals surface area contributed by atoms with Gasteiger partial charge in [-0.25, -0.2) is 0 Å². The summed E-state index contributed by atoms with van der Waals surface area (Å²) in [5.41, 5.74) is 1.58. The minimum atomic E-state index is -3.53. The Morgan fingerprint density at radius 1 is 1.22 bits per heavy atom. The molecule has 2 aliphatic rings. The maximum Gasteiger partial charge on any atom is 0.321 e. The Balaban J connectivity index is 2.39. The second-order valence-corrected chi connectivity index (χ2v) is 6.35. The zero-order valence-electron chi connectivity index (χ0n) is 10.1. The van der Waals surface area contributed by atoms with Gasteiger partial charge in [-0.05, 0) is 11.5 Å². The van der Waals surface area contributed by atoms with Crippen molar-refractivity contribution < 1.29 is 8.42 Å². The first-order valence-electron chi connectivity index (χ1n) is 5.52. The minimum Gasteiger partial charge on any atom is -0.290 e. The predicted molar refractivity (Wildman–Crippen MR) is 70.9 cm³/mol. The SMILES string of the molecule is CN(C)S(=O)(=O)n1[nH]cc2cc3ccccc3c1-2. The van der Waals surface area contributed by atoms with Gasteiger partial charge in [0, 0.05) is 31.2 Å². The number of H-pyrrole nitrogens is 1. The second-order valence-electron chi connectivity index (χ2n) is 4.36. The van der Waals surface area contributed by atoms with Crippen LogP contribution in [0, 0.1) is 0 Å². The molecule has 1 N–H and O–H groups in total. The fraction of sp³-hybridized carbons (Fsp3) is 0.167. The van der Waals surface area contributed by atoms with Gasteiger partial charge in [0.25, 0.3) is 0 Å². The summed E-state index contributed by atoms with van der Waals surface area (Å²) in [6.45, 7) is 0. The molecule has 0 bridgehead atoms. The monoisotopic (exact) mass is 263 g/mol. The average molecular weight is 263 g/mol. The zero-order chi connectivity index (χ0) is 12.9. The van der Waals surface area contributed by atoms with E-state index in [0.717, 1.165) is 16.3 Å². The number of aromatic nitrogens is 2. The Bertz CT molecular complexity index is 783. The summed E-state index contributed by atoms with van der Waals surface area (Å²) in [5, 5.41) is 4.77. The Kier molecular flexibility index (Phi) is 2.26. The molecule has 1 aromatic rings. The molecule has 1 aromatic carbocycles. The number of rotatable bonds is 2. The van der Waals surface area contributed by atoms with E-state index >= 15 is 0 Å². The van der Waals surface area contributed by atoms with Crippen molar-refractivity contribution in [1.29, 1.82) is 0 Å². The maximum atomic E-state index is 12.2. The fourth-order valence-corrected chi connectivity index (χ4v) is 3.05. The summed E-state index contributed by atoms with van der Waals surface area (Å²) in [4.78, 5) is 0. The molecular formula is C12H13N3O2S. The summed E-state index contributed by atoms with van der Waals surface area (Å²) in [6, 6.07) is 9.72. The third kappa shape index (κ3) is 1.39. The minimum absolute atomic E-state index is 0.694. The van der Waals surface area contributed by atoms with Crippen LogP contribution in [0.2, 0.25) is 0 Å². The number of hydrogen-bond donors (Lipinski definition) is 1. The van der Waals surface area contributed by atoms with Gasteiger partial charge in [0.1, 0.15) is 0 Å². The predicted octanol–water partition coefficient (Wildman–Crippen LogP) is 1.73. The van der Waals surface area contributed by atoms with Crippen LogP contribution in [-0.4, -0.2) is 36.0 Å². The Labute approximate surface area is 105 Å². The fourth-order valence-electron chi connectivity index (χ4n) is 2.10. The van der Waals surface area contributed by atoms with Crippen LogP contribution in [0.4, 0.5) is 0 Å². The Hall–Kier alpha value is -1.79. The lowest BCUT2D eigenvalue weighted by atomic mass is 10.2. The van der Waals surface area contributed by atoms with Gasteiger partial charge in [0.2, 0.25) is 0 Å². The Morgan fingerprint density at radius 2 is 1.94 bits per heavy atom. The van der Waals surface area contributed by atoms with E-state index in [-0.39, 0.29) is 0 Å². The van der Waals surface area contributed by atoms with Crippen LogP contribution < -0.4 is 0 Å². The van der Waals surface area contributed by atoms with Crippen LogP contribution in [0.25, 0.3) is 22.0 Å². The van der Waals surface area contributed by atoms with Crippen molar-refractivity contribution in [3.05, 3.63) is 36.5 Å². The lowest BCUT2D eigenvalue weighted by molar-refractivity contribution is 0.505. The lowest BCUT2D eigenvalue weighted by Gasteiger charge is -2.13. The highest BCUT2D eigenvalue weighted by atomic mass is 32.2. The first kappa shape index (κ1) is 11.3. The Morgan fingerprint density at radius 3 is 2.67 bits per heavy atom. The molecule has 0 fully saturated rings. The number of nitrogens with one attached hydrogen (secondary N) is 1. The van der Waals surface area contributed by atoms with Crippen molar-refractivity contribution in [3.8, 4) is 11.3 Å². The van der Waals surface area contributed by atoms with Crippen molar-refractivity contribution in [2.24, 2.45) is 0 Å². The molecule has 3 rings (SSSR count). The highest BCUT2D eigenvalue weighted by Gasteiger charge is 2.24. The van der Waals surface area contributed by atoms with E-state index in [4.69, 9.17) is 0 Å². The standard InChI is InChI=1S/C12H13N3O2S/c1-14(2)18(16,17)15-12-10(8-13-15)7-9-5-3-4-6-11(9)12/h3-8,13H,1-2H3. The van der Waals surface area contributed by atoms with Crippen LogP contribution in [0.5, 0.6) is 0 Å². The molecule has 1 heterocycles. The molecule has 0 atom stereocenters. The van der Waals surface area contributed by atoms with E-state index in [9.17, 15) is 8.42 Å². The van der Waals surface area contributed by atoms with Gasteiger partial charge in [-0.3, -0.25) is 5.10 Å². The van der Waals surface area contributed by atoms with Crippen molar-refractivity contribution >= 4 is 21.0 Å². The quantitative estimate of drug-likeness (QED) is 0.765. The van der Waals surface area contributed by atoms with Gasteiger partial charge in [-0.2, -0.15) is 16.8 Å². The second kappa shape index (κ2) is 3.60. The highest BCUT2D eigenvalue weighted by Crippen LogP contribution is 2.34. The van der Waals surface area contributed by atoms with Crippen molar-refractivity contribution in [2.45, 2.75) is 0 Å². The molecule has 0 aromatic heterocycles. The molecule has 0 spiro atoms. The van der Waals surface area contributed by atoms with Crippen molar-refractivity contribution in [3.63, 3.8) is 0 Å². The molecular weight excluding hydrogens is 250 g/mol. The van der Waals surface area contributed by atoms with Gasteiger partial charge in [0.15, 0.2) is 0 Å². The number of hydrogen-bond acceptors (Lipinski definition) is 2. The van der Waals surface area contributed by atoms with Gasteiger partial charge in [0.05, 0.1) is 5.69 Å². The third-order valence-corrected chi connectivity index (χ3v) is 4.71. The number of aromatic amines is 1. The molecule has 0 amide bonds. The molecule has 0 unspecified atom stereocenters. The van der Waals surface area contributed by atoms with E-state index in [2.05, 4.69) is 5.10 Å². The van der Waals surface area contributed by atoms with E-state index in [1.54, 1.807) is 6.20 Å². The largest absolute Gasteiger partial charge is 0.321 e. The average Bonchev–Trinajstić information content (AvgIpc) is 2.86. The lowest BCUT2D eigenvalue weighted by Crippen LogP contribution is -2.29. The number of benzene rings is 1. The van der Waals surface area contributed by atoms with E-state index in [0.29, 0.717) is 5.69 Å². The molecule has 0 saturated carbocycles.